The predicted octanol–water partition coefficient (Wildman–Crippen LogP) is 3.63. The zero-order valence-electron chi connectivity index (χ0n) is 20.7. The largest absolute Gasteiger partial charge is 0.497 e. The lowest BCUT2D eigenvalue weighted by atomic mass is 10.1. The minimum Gasteiger partial charge on any atom is -0.497 e. The van der Waals surface area contributed by atoms with E-state index in [-0.39, 0.29) is 11.6 Å². The number of hydrogen-bond donors (Lipinski definition) is 1. The Morgan fingerprint density at radius 1 is 1.09 bits per heavy atom. The van der Waals surface area contributed by atoms with Gasteiger partial charge >= 0.3 is 0 Å². The maximum atomic E-state index is 13.1. The van der Waals surface area contributed by atoms with Crippen LogP contribution in [0, 0.1) is 6.92 Å². The molecule has 1 atom stereocenters. The number of pyridine rings is 1. The molecule has 0 aliphatic heterocycles. The number of ether oxygens (including phenoxy) is 2. The van der Waals surface area contributed by atoms with E-state index in [1.165, 1.54) is 5.56 Å². The molecule has 4 aromatic rings. The number of fused-ring (bicyclic) bond motifs is 1. The van der Waals surface area contributed by atoms with Crippen molar-refractivity contribution >= 4 is 10.9 Å². The fraction of sp³-hybridized carbons (Fsp3) is 0.385. The Hall–Kier alpha value is -3.56. The number of aromatic nitrogens is 5. The van der Waals surface area contributed by atoms with Crippen LogP contribution in [0.2, 0.25) is 0 Å². The maximum Gasteiger partial charge on any atom is 0.252 e. The topological polar surface area (TPSA) is 98.2 Å². The highest BCUT2D eigenvalue weighted by Gasteiger charge is 2.26. The molecule has 1 N–H and O–H groups in total. The number of nitrogens with zero attached hydrogens (tertiary/aromatic N) is 5. The summed E-state index contributed by atoms with van der Waals surface area (Å²) < 4.78 is 12.4. The number of aromatic amines is 1. The lowest BCUT2D eigenvalue weighted by Gasteiger charge is -2.30. The minimum atomic E-state index is -0.106. The van der Waals surface area contributed by atoms with Gasteiger partial charge in [0.05, 0.1) is 26.3 Å². The molecule has 0 amide bonds. The quantitative estimate of drug-likeness (QED) is 0.353. The first-order chi connectivity index (χ1) is 17.0. The zero-order valence-corrected chi connectivity index (χ0v) is 20.7. The molecule has 2 heterocycles. The van der Waals surface area contributed by atoms with E-state index in [1.54, 1.807) is 18.9 Å². The second-order valence-corrected chi connectivity index (χ2v) is 8.64. The van der Waals surface area contributed by atoms with E-state index < -0.39 is 0 Å². The first-order valence-corrected chi connectivity index (χ1v) is 11.8. The fourth-order valence-electron chi connectivity index (χ4n) is 4.29. The van der Waals surface area contributed by atoms with Crippen LogP contribution in [0.3, 0.4) is 0 Å². The first kappa shape index (κ1) is 24.6. The Morgan fingerprint density at radius 3 is 2.60 bits per heavy atom. The summed E-state index contributed by atoms with van der Waals surface area (Å²) in [5.74, 6) is 1.51. The molecule has 0 unspecified atom stereocenters. The van der Waals surface area contributed by atoms with E-state index in [4.69, 9.17) is 9.47 Å². The highest BCUT2D eigenvalue weighted by atomic mass is 16.5. The molecular formula is C26H32N6O3. The van der Waals surface area contributed by atoms with Crippen molar-refractivity contribution in [2.75, 3.05) is 20.8 Å². The second kappa shape index (κ2) is 11.2. The van der Waals surface area contributed by atoms with E-state index in [0.717, 1.165) is 34.5 Å². The van der Waals surface area contributed by atoms with Crippen LogP contribution < -0.4 is 10.3 Å². The number of hydrogen-bond acceptors (Lipinski definition) is 7. The molecule has 0 saturated heterocycles. The molecule has 2 aromatic carbocycles. The SMILES string of the molecule is CC[C@H](c1nnnn1CCOC)N(Cc1ccc(C)cc1)Cc1cc2cc(OC)ccc2[nH]c1=O. The lowest BCUT2D eigenvalue weighted by molar-refractivity contribution is 0.151. The van der Waals surface area contributed by atoms with Crippen LogP contribution in [0.5, 0.6) is 5.75 Å². The Labute approximate surface area is 204 Å². The average molecular weight is 477 g/mol. The monoisotopic (exact) mass is 476 g/mol. The average Bonchev–Trinajstić information content (AvgIpc) is 3.32. The molecule has 4 rings (SSSR count). The number of aryl methyl sites for hydroxylation is 1. The number of rotatable bonds is 11. The first-order valence-electron chi connectivity index (χ1n) is 11.8. The molecule has 0 spiro atoms. The van der Waals surface area contributed by atoms with Gasteiger partial charge in [-0.2, -0.15) is 0 Å². The van der Waals surface area contributed by atoms with Crippen molar-refractivity contribution in [2.45, 2.75) is 45.9 Å². The molecule has 0 saturated carbocycles. The van der Waals surface area contributed by atoms with E-state index in [0.29, 0.717) is 31.8 Å². The van der Waals surface area contributed by atoms with Crippen molar-refractivity contribution in [3.05, 3.63) is 81.4 Å². The molecule has 9 nitrogen and oxygen atoms in total. The molecule has 0 aliphatic rings. The summed E-state index contributed by atoms with van der Waals surface area (Å²) in [7, 11) is 3.29. The molecule has 2 aromatic heterocycles. The van der Waals surface area contributed by atoms with E-state index >= 15 is 0 Å². The van der Waals surface area contributed by atoms with Gasteiger partial charge in [-0.3, -0.25) is 9.69 Å². The van der Waals surface area contributed by atoms with Crippen molar-refractivity contribution in [3.8, 4) is 5.75 Å². The zero-order chi connectivity index (χ0) is 24.8. The summed E-state index contributed by atoms with van der Waals surface area (Å²) in [5, 5.41) is 13.4. The normalized spacial score (nSPS) is 12.4. The number of tetrazole rings is 1. The Kier molecular flexibility index (Phi) is 7.89. The van der Waals surface area contributed by atoms with Gasteiger partial charge in [-0.05, 0) is 53.6 Å². The van der Waals surface area contributed by atoms with Crippen LogP contribution in [0.1, 0.15) is 41.9 Å². The molecule has 184 valence electrons. The maximum absolute atomic E-state index is 13.1. The smallest absolute Gasteiger partial charge is 0.252 e. The minimum absolute atomic E-state index is 0.0939. The van der Waals surface area contributed by atoms with Gasteiger partial charge in [0.1, 0.15) is 5.75 Å². The van der Waals surface area contributed by atoms with Crippen LogP contribution in [0.15, 0.2) is 53.3 Å². The van der Waals surface area contributed by atoms with Gasteiger partial charge in [0, 0.05) is 36.7 Å². The van der Waals surface area contributed by atoms with Crippen molar-refractivity contribution < 1.29 is 9.47 Å². The van der Waals surface area contributed by atoms with Gasteiger partial charge in [-0.15, -0.1) is 5.10 Å². The summed E-state index contributed by atoms with van der Waals surface area (Å²) in [6.45, 7) is 6.33. The van der Waals surface area contributed by atoms with Gasteiger partial charge in [0.15, 0.2) is 5.82 Å². The van der Waals surface area contributed by atoms with Gasteiger partial charge in [0.25, 0.3) is 5.56 Å². The summed E-state index contributed by atoms with van der Waals surface area (Å²) in [6.07, 6.45) is 0.776. The van der Waals surface area contributed by atoms with Gasteiger partial charge in [0.2, 0.25) is 0 Å². The van der Waals surface area contributed by atoms with E-state index in [9.17, 15) is 4.79 Å². The fourth-order valence-corrected chi connectivity index (χ4v) is 4.29. The Morgan fingerprint density at radius 2 is 1.89 bits per heavy atom. The molecule has 35 heavy (non-hydrogen) atoms. The van der Waals surface area contributed by atoms with Crippen LogP contribution in [-0.4, -0.2) is 50.9 Å². The summed E-state index contributed by atoms with van der Waals surface area (Å²) >= 11 is 0. The van der Waals surface area contributed by atoms with Crippen LogP contribution in [-0.2, 0) is 24.4 Å². The number of benzene rings is 2. The third kappa shape index (κ3) is 5.75. The summed E-state index contributed by atoms with van der Waals surface area (Å²) in [6, 6.07) is 15.9. The van der Waals surface area contributed by atoms with Crippen LogP contribution in [0.25, 0.3) is 10.9 Å². The molecule has 9 heteroatoms. The van der Waals surface area contributed by atoms with Crippen LogP contribution in [0.4, 0.5) is 0 Å². The highest BCUT2D eigenvalue weighted by molar-refractivity contribution is 5.80. The number of H-pyrrole nitrogens is 1. The van der Waals surface area contributed by atoms with Gasteiger partial charge in [-0.1, -0.05) is 36.8 Å². The molecule has 0 fully saturated rings. The third-order valence-corrected chi connectivity index (χ3v) is 6.20. The Bertz CT molecular complexity index is 1310. The van der Waals surface area contributed by atoms with Crippen molar-refractivity contribution in [3.63, 3.8) is 0 Å². The number of methoxy groups -OCH3 is 2. The number of nitrogens with one attached hydrogen (secondary N) is 1. The summed E-state index contributed by atoms with van der Waals surface area (Å²) in [5.41, 5.74) is 3.71. The highest BCUT2D eigenvalue weighted by Crippen LogP contribution is 2.27. The van der Waals surface area contributed by atoms with Crippen molar-refractivity contribution in [1.82, 2.24) is 30.1 Å². The lowest BCUT2D eigenvalue weighted by Crippen LogP contribution is -2.32. The standard InChI is InChI=1S/C26H32N6O3/c1-5-24(25-28-29-30-32(25)12-13-34-3)31(16-19-8-6-18(2)7-9-19)17-21-14-20-15-22(35-4)10-11-23(20)27-26(21)33/h6-11,14-15,24H,5,12-13,16-17H2,1-4H3,(H,27,33)/t24-/m1/s1. The van der Waals surface area contributed by atoms with E-state index in [2.05, 4.69) is 63.5 Å². The van der Waals surface area contributed by atoms with Gasteiger partial charge < -0.3 is 14.5 Å². The van der Waals surface area contributed by atoms with E-state index in [1.807, 2.05) is 24.3 Å². The second-order valence-electron chi connectivity index (χ2n) is 8.64. The third-order valence-electron chi connectivity index (χ3n) is 6.20. The molecule has 0 bridgehead atoms. The summed E-state index contributed by atoms with van der Waals surface area (Å²) in [4.78, 5) is 18.3. The van der Waals surface area contributed by atoms with Crippen LogP contribution >= 0.6 is 0 Å². The predicted molar refractivity (Wildman–Crippen MR) is 134 cm³/mol. The van der Waals surface area contributed by atoms with Crippen molar-refractivity contribution in [1.29, 1.82) is 0 Å². The van der Waals surface area contributed by atoms with Gasteiger partial charge in [-0.25, -0.2) is 4.68 Å². The Balaban J connectivity index is 1.73. The molecule has 0 radical (unpaired) electrons. The molecule has 0 aliphatic carbocycles. The van der Waals surface area contributed by atoms with Crippen molar-refractivity contribution in [2.24, 2.45) is 0 Å². The molecular weight excluding hydrogens is 444 g/mol.